The van der Waals surface area contributed by atoms with Crippen LogP contribution < -0.4 is 5.32 Å². The summed E-state index contributed by atoms with van der Waals surface area (Å²) in [6.45, 7) is 6.22. The van der Waals surface area contributed by atoms with E-state index in [4.69, 9.17) is 0 Å². The van der Waals surface area contributed by atoms with Crippen molar-refractivity contribution in [1.82, 2.24) is 15.0 Å². The van der Waals surface area contributed by atoms with Crippen molar-refractivity contribution in [1.29, 1.82) is 0 Å². The first kappa shape index (κ1) is 11.0. The summed E-state index contributed by atoms with van der Waals surface area (Å²) in [4.78, 5) is 13.7. The third kappa shape index (κ3) is 2.36. The highest BCUT2D eigenvalue weighted by atomic mass is 32.1. The monoisotopic (exact) mass is 234 g/mol. The summed E-state index contributed by atoms with van der Waals surface area (Å²) >= 11 is 1.73. The molecule has 1 atom stereocenters. The van der Waals surface area contributed by atoms with E-state index < -0.39 is 0 Å². The summed E-state index contributed by atoms with van der Waals surface area (Å²) < 4.78 is 0. The molecule has 0 spiro atoms. The van der Waals surface area contributed by atoms with Crippen LogP contribution in [0.5, 0.6) is 0 Å². The fourth-order valence-corrected chi connectivity index (χ4v) is 2.55. The fourth-order valence-electron chi connectivity index (χ4n) is 1.64. The Labute approximate surface area is 98.8 Å². The van der Waals surface area contributed by atoms with Gasteiger partial charge in [0.25, 0.3) is 0 Å². The lowest BCUT2D eigenvalue weighted by molar-refractivity contribution is 0.834. The molecule has 0 saturated carbocycles. The van der Waals surface area contributed by atoms with Crippen molar-refractivity contribution in [2.45, 2.75) is 26.8 Å². The van der Waals surface area contributed by atoms with Crippen molar-refractivity contribution < 1.29 is 0 Å². The normalized spacial score (nSPS) is 12.4. The van der Waals surface area contributed by atoms with Crippen LogP contribution in [0.4, 0.5) is 5.69 Å². The molecular weight excluding hydrogens is 220 g/mol. The SMILES string of the molecule is Cc1nc(C(C)Nc2cncnc2)c(C)s1. The molecule has 84 valence electrons. The van der Waals surface area contributed by atoms with E-state index in [0.29, 0.717) is 0 Å². The number of thiazole rings is 1. The summed E-state index contributed by atoms with van der Waals surface area (Å²) in [6.07, 6.45) is 5.05. The van der Waals surface area contributed by atoms with Crippen LogP contribution in [-0.2, 0) is 0 Å². The van der Waals surface area contributed by atoms with E-state index in [1.807, 2.05) is 6.92 Å². The molecular formula is C11H14N4S. The molecule has 2 aromatic heterocycles. The minimum Gasteiger partial charge on any atom is -0.374 e. The smallest absolute Gasteiger partial charge is 0.115 e. The van der Waals surface area contributed by atoms with E-state index in [1.165, 1.54) is 11.2 Å². The van der Waals surface area contributed by atoms with Crippen LogP contribution in [0.2, 0.25) is 0 Å². The lowest BCUT2D eigenvalue weighted by atomic mass is 10.2. The molecule has 2 rings (SSSR count). The van der Waals surface area contributed by atoms with Gasteiger partial charge in [0.2, 0.25) is 0 Å². The van der Waals surface area contributed by atoms with Gasteiger partial charge in [0, 0.05) is 4.88 Å². The standard InChI is InChI=1S/C11H14N4S/c1-7(11-8(2)16-9(3)15-11)14-10-4-12-6-13-5-10/h4-7,14H,1-3H3. The van der Waals surface area contributed by atoms with Crippen LogP contribution in [0.1, 0.15) is 28.5 Å². The third-order valence-electron chi connectivity index (χ3n) is 2.29. The van der Waals surface area contributed by atoms with Gasteiger partial charge in [-0.1, -0.05) is 0 Å². The van der Waals surface area contributed by atoms with Gasteiger partial charge in [-0.3, -0.25) is 0 Å². The van der Waals surface area contributed by atoms with Gasteiger partial charge < -0.3 is 5.32 Å². The molecule has 0 radical (unpaired) electrons. The maximum Gasteiger partial charge on any atom is 0.115 e. The van der Waals surface area contributed by atoms with Crippen molar-refractivity contribution in [3.8, 4) is 0 Å². The fraction of sp³-hybridized carbons (Fsp3) is 0.364. The van der Waals surface area contributed by atoms with Crippen molar-refractivity contribution in [3.63, 3.8) is 0 Å². The molecule has 0 aliphatic carbocycles. The Morgan fingerprint density at radius 3 is 2.50 bits per heavy atom. The van der Waals surface area contributed by atoms with Gasteiger partial charge in [0.05, 0.1) is 34.8 Å². The molecule has 2 heterocycles. The van der Waals surface area contributed by atoms with Gasteiger partial charge >= 0.3 is 0 Å². The second-order valence-corrected chi connectivity index (χ2v) is 5.07. The van der Waals surface area contributed by atoms with Crippen LogP contribution in [0.3, 0.4) is 0 Å². The van der Waals surface area contributed by atoms with E-state index in [1.54, 1.807) is 23.7 Å². The van der Waals surface area contributed by atoms with E-state index in [2.05, 4.69) is 34.1 Å². The van der Waals surface area contributed by atoms with Gasteiger partial charge in [-0.15, -0.1) is 11.3 Å². The summed E-state index contributed by atoms with van der Waals surface area (Å²) in [7, 11) is 0. The number of anilines is 1. The Morgan fingerprint density at radius 1 is 1.25 bits per heavy atom. The number of nitrogens with one attached hydrogen (secondary N) is 1. The molecule has 0 saturated heterocycles. The number of aromatic nitrogens is 3. The third-order valence-corrected chi connectivity index (χ3v) is 3.20. The van der Waals surface area contributed by atoms with Gasteiger partial charge in [0.15, 0.2) is 0 Å². The van der Waals surface area contributed by atoms with E-state index in [9.17, 15) is 0 Å². The number of hydrogen-bond donors (Lipinski definition) is 1. The highest BCUT2D eigenvalue weighted by Gasteiger charge is 2.12. The molecule has 16 heavy (non-hydrogen) atoms. The quantitative estimate of drug-likeness (QED) is 0.887. The average molecular weight is 234 g/mol. The first-order valence-electron chi connectivity index (χ1n) is 5.12. The van der Waals surface area contributed by atoms with Gasteiger partial charge in [0.1, 0.15) is 6.33 Å². The second-order valence-electron chi connectivity index (χ2n) is 3.67. The number of nitrogens with zero attached hydrogens (tertiary/aromatic N) is 3. The van der Waals surface area contributed by atoms with Crippen molar-refractivity contribution in [2.24, 2.45) is 0 Å². The molecule has 1 N–H and O–H groups in total. The topological polar surface area (TPSA) is 50.7 Å². The molecule has 0 bridgehead atoms. The average Bonchev–Trinajstić information content (AvgIpc) is 2.59. The zero-order valence-electron chi connectivity index (χ0n) is 9.56. The second kappa shape index (κ2) is 4.57. The Morgan fingerprint density at radius 2 is 1.94 bits per heavy atom. The highest BCUT2D eigenvalue weighted by Crippen LogP contribution is 2.24. The maximum absolute atomic E-state index is 4.52. The van der Waals surface area contributed by atoms with Crippen LogP contribution in [-0.4, -0.2) is 15.0 Å². The first-order valence-corrected chi connectivity index (χ1v) is 5.94. The van der Waals surface area contributed by atoms with Gasteiger partial charge in [-0.25, -0.2) is 15.0 Å². The summed E-state index contributed by atoms with van der Waals surface area (Å²) in [6, 6.07) is 0.177. The predicted octanol–water partition coefficient (Wildman–Crippen LogP) is 2.72. The number of rotatable bonds is 3. The zero-order valence-corrected chi connectivity index (χ0v) is 10.4. The highest BCUT2D eigenvalue weighted by molar-refractivity contribution is 7.11. The molecule has 5 heteroatoms. The largest absolute Gasteiger partial charge is 0.374 e. The van der Waals surface area contributed by atoms with Gasteiger partial charge in [-0.05, 0) is 20.8 Å². The Balaban J connectivity index is 2.14. The molecule has 0 fully saturated rings. The zero-order chi connectivity index (χ0) is 11.5. The Bertz CT molecular complexity index is 466. The minimum absolute atomic E-state index is 0.177. The Kier molecular flexibility index (Phi) is 3.14. The molecule has 0 amide bonds. The minimum atomic E-state index is 0.177. The van der Waals surface area contributed by atoms with Gasteiger partial charge in [-0.2, -0.15) is 0 Å². The van der Waals surface area contributed by atoms with Crippen molar-refractivity contribution >= 4 is 17.0 Å². The van der Waals surface area contributed by atoms with Crippen molar-refractivity contribution in [3.05, 3.63) is 34.3 Å². The molecule has 0 aliphatic heterocycles. The Hall–Kier alpha value is -1.49. The summed E-state index contributed by atoms with van der Waals surface area (Å²) in [5, 5.41) is 4.43. The number of aryl methyl sites for hydroxylation is 2. The number of hydrogen-bond acceptors (Lipinski definition) is 5. The first-order chi connectivity index (χ1) is 7.66. The molecule has 0 aromatic carbocycles. The lowest BCUT2D eigenvalue weighted by Crippen LogP contribution is -2.08. The van der Waals surface area contributed by atoms with Crippen LogP contribution >= 0.6 is 11.3 Å². The van der Waals surface area contributed by atoms with E-state index in [0.717, 1.165) is 16.4 Å². The van der Waals surface area contributed by atoms with E-state index >= 15 is 0 Å². The molecule has 0 aliphatic rings. The molecule has 2 aromatic rings. The maximum atomic E-state index is 4.52. The molecule has 1 unspecified atom stereocenters. The van der Waals surface area contributed by atoms with E-state index in [-0.39, 0.29) is 6.04 Å². The molecule has 4 nitrogen and oxygen atoms in total. The predicted molar refractivity (Wildman–Crippen MR) is 65.7 cm³/mol. The van der Waals surface area contributed by atoms with Crippen LogP contribution in [0, 0.1) is 13.8 Å². The van der Waals surface area contributed by atoms with Crippen LogP contribution in [0.25, 0.3) is 0 Å². The summed E-state index contributed by atoms with van der Waals surface area (Å²) in [5.74, 6) is 0. The lowest BCUT2D eigenvalue weighted by Gasteiger charge is -2.13. The van der Waals surface area contributed by atoms with Crippen LogP contribution in [0.15, 0.2) is 18.7 Å². The van der Waals surface area contributed by atoms with Crippen molar-refractivity contribution in [2.75, 3.05) is 5.32 Å². The summed E-state index contributed by atoms with van der Waals surface area (Å²) in [5.41, 5.74) is 2.02.